The first kappa shape index (κ1) is 9.52. The maximum absolute atomic E-state index is 11.4. The number of nitrogens with zero attached hydrogens (tertiary/aromatic N) is 1. The molecule has 74 valence electrons. The monoisotopic (exact) mass is 199 g/mol. The van der Waals surface area contributed by atoms with Gasteiger partial charge in [0, 0.05) is 24.4 Å². The molecular formula is C12H9NO2. The first-order chi connectivity index (χ1) is 7.25. The van der Waals surface area contributed by atoms with Gasteiger partial charge >= 0.3 is 0 Å². The van der Waals surface area contributed by atoms with Crippen LogP contribution in [0.5, 0.6) is 0 Å². The molecule has 2 rings (SSSR count). The Bertz CT molecular complexity index is 458. The number of hydrogen-bond donors (Lipinski definition) is 0. The third-order valence-electron chi connectivity index (χ3n) is 2.18. The normalized spacial score (nSPS) is 15.3. The molecule has 1 aromatic rings. The zero-order chi connectivity index (χ0) is 10.7. The highest BCUT2D eigenvalue weighted by molar-refractivity contribution is 6.17. The number of carbonyl (C=O) groups is 2. The molecule has 0 N–H and O–H groups in total. The Morgan fingerprint density at radius 3 is 2.53 bits per heavy atom. The second kappa shape index (κ2) is 4.00. The summed E-state index contributed by atoms with van der Waals surface area (Å²) in [4.78, 5) is 26.4. The molecule has 1 aliphatic carbocycles. The van der Waals surface area contributed by atoms with Gasteiger partial charge in [-0.3, -0.25) is 14.6 Å². The van der Waals surface area contributed by atoms with E-state index >= 15 is 0 Å². The van der Waals surface area contributed by atoms with Gasteiger partial charge in [0.05, 0.1) is 0 Å². The SMILES string of the molecule is O=C1C=CC(=O)C(Cc2ccncc2)=C1. The predicted molar refractivity (Wildman–Crippen MR) is 55.2 cm³/mol. The average Bonchev–Trinajstić information content (AvgIpc) is 2.25. The van der Waals surface area contributed by atoms with Gasteiger partial charge in [-0.25, -0.2) is 0 Å². The molecule has 1 aliphatic rings. The number of hydrogen-bond acceptors (Lipinski definition) is 3. The summed E-state index contributed by atoms with van der Waals surface area (Å²) in [7, 11) is 0. The molecule has 15 heavy (non-hydrogen) atoms. The minimum atomic E-state index is -0.126. The number of allylic oxidation sites excluding steroid dienone is 4. The van der Waals surface area contributed by atoms with Crippen LogP contribution >= 0.6 is 0 Å². The summed E-state index contributed by atoms with van der Waals surface area (Å²) in [6.07, 6.45) is 7.82. The van der Waals surface area contributed by atoms with Crippen molar-refractivity contribution in [1.29, 1.82) is 0 Å². The smallest absolute Gasteiger partial charge is 0.182 e. The number of carbonyl (C=O) groups excluding carboxylic acids is 2. The molecule has 0 saturated carbocycles. The fourth-order valence-corrected chi connectivity index (χ4v) is 1.41. The van der Waals surface area contributed by atoms with E-state index in [1.54, 1.807) is 12.4 Å². The lowest BCUT2D eigenvalue weighted by Gasteiger charge is -2.06. The first-order valence-corrected chi connectivity index (χ1v) is 4.61. The van der Waals surface area contributed by atoms with Crippen molar-refractivity contribution in [2.24, 2.45) is 0 Å². The second-order valence-corrected chi connectivity index (χ2v) is 3.30. The Labute approximate surface area is 87.1 Å². The van der Waals surface area contributed by atoms with Crippen LogP contribution in [0.15, 0.2) is 48.3 Å². The van der Waals surface area contributed by atoms with E-state index in [9.17, 15) is 9.59 Å². The Hall–Kier alpha value is -2.03. The van der Waals surface area contributed by atoms with Gasteiger partial charge in [-0.1, -0.05) is 0 Å². The van der Waals surface area contributed by atoms with E-state index in [1.807, 2.05) is 12.1 Å². The van der Waals surface area contributed by atoms with Crippen LogP contribution in [0.25, 0.3) is 0 Å². The molecule has 0 aliphatic heterocycles. The Balaban J connectivity index is 2.19. The summed E-state index contributed by atoms with van der Waals surface area (Å²) in [5.41, 5.74) is 1.52. The molecule has 0 radical (unpaired) electrons. The average molecular weight is 199 g/mol. The van der Waals surface area contributed by atoms with Crippen molar-refractivity contribution in [3.63, 3.8) is 0 Å². The highest BCUT2D eigenvalue weighted by Gasteiger charge is 2.13. The topological polar surface area (TPSA) is 47.0 Å². The third kappa shape index (κ3) is 2.26. The summed E-state index contributed by atoms with van der Waals surface area (Å²) >= 11 is 0. The highest BCUT2D eigenvalue weighted by Crippen LogP contribution is 2.12. The maximum Gasteiger partial charge on any atom is 0.182 e. The molecule has 0 atom stereocenters. The molecule has 0 spiro atoms. The standard InChI is InChI=1S/C12H9NO2/c14-11-1-2-12(15)10(8-11)7-9-3-5-13-6-4-9/h1-6,8H,7H2. The lowest BCUT2D eigenvalue weighted by Crippen LogP contribution is -2.09. The van der Waals surface area contributed by atoms with Gasteiger partial charge in [0.15, 0.2) is 11.6 Å². The minimum Gasteiger partial charge on any atom is -0.290 e. The molecule has 0 saturated heterocycles. The van der Waals surface area contributed by atoms with E-state index in [0.29, 0.717) is 12.0 Å². The molecule has 0 amide bonds. The lowest BCUT2D eigenvalue weighted by atomic mass is 9.97. The second-order valence-electron chi connectivity index (χ2n) is 3.30. The molecule has 0 bridgehead atoms. The molecule has 0 unspecified atom stereocenters. The van der Waals surface area contributed by atoms with Crippen molar-refractivity contribution < 1.29 is 9.59 Å². The summed E-state index contributed by atoms with van der Waals surface area (Å²) < 4.78 is 0. The van der Waals surface area contributed by atoms with Gasteiger partial charge in [0.1, 0.15) is 0 Å². The van der Waals surface area contributed by atoms with Gasteiger partial charge < -0.3 is 0 Å². The Morgan fingerprint density at radius 1 is 1.07 bits per heavy atom. The van der Waals surface area contributed by atoms with E-state index in [2.05, 4.69) is 4.98 Å². The van der Waals surface area contributed by atoms with E-state index in [4.69, 9.17) is 0 Å². The van der Waals surface area contributed by atoms with Crippen LogP contribution in [0.2, 0.25) is 0 Å². The minimum absolute atomic E-state index is 0.0913. The summed E-state index contributed by atoms with van der Waals surface area (Å²) in [5, 5.41) is 0. The highest BCUT2D eigenvalue weighted by atomic mass is 16.1. The van der Waals surface area contributed by atoms with Crippen molar-refractivity contribution in [3.8, 4) is 0 Å². The summed E-state index contributed by atoms with van der Waals surface area (Å²) in [5.74, 6) is -0.218. The molecule has 3 nitrogen and oxygen atoms in total. The molecule has 1 heterocycles. The number of ketones is 2. The van der Waals surface area contributed by atoms with Crippen molar-refractivity contribution in [3.05, 3.63) is 53.9 Å². The van der Waals surface area contributed by atoms with E-state index in [1.165, 1.54) is 18.2 Å². The summed E-state index contributed by atoms with van der Waals surface area (Å²) in [6.45, 7) is 0. The summed E-state index contributed by atoms with van der Waals surface area (Å²) in [6, 6.07) is 3.66. The van der Waals surface area contributed by atoms with Crippen molar-refractivity contribution in [1.82, 2.24) is 4.98 Å². The van der Waals surface area contributed by atoms with Crippen LogP contribution in [0, 0.1) is 0 Å². The van der Waals surface area contributed by atoms with Crippen LogP contribution < -0.4 is 0 Å². The molecule has 0 fully saturated rings. The van der Waals surface area contributed by atoms with E-state index in [-0.39, 0.29) is 11.6 Å². The van der Waals surface area contributed by atoms with Gasteiger partial charge in [0.2, 0.25) is 0 Å². The first-order valence-electron chi connectivity index (χ1n) is 4.61. The largest absolute Gasteiger partial charge is 0.290 e. The van der Waals surface area contributed by atoms with Crippen molar-refractivity contribution >= 4 is 11.6 Å². The third-order valence-corrected chi connectivity index (χ3v) is 2.18. The van der Waals surface area contributed by atoms with Crippen LogP contribution in [0.1, 0.15) is 5.56 Å². The molecule has 1 aromatic heterocycles. The quantitative estimate of drug-likeness (QED) is 0.673. The zero-order valence-electron chi connectivity index (χ0n) is 8.01. The van der Waals surface area contributed by atoms with Gasteiger partial charge in [0.25, 0.3) is 0 Å². The van der Waals surface area contributed by atoms with Crippen LogP contribution in [0.3, 0.4) is 0 Å². The number of pyridine rings is 1. The van der Waals surface area contributed by atoms with E-state index < -0.39 is 0 Å². The van der Waals surface area contributed by atoms with Crippen LogP contribution in [-0.2, 0) is 16.0 Å². The Morgan fingerprint density at radius 2 is 1.80 bits per heavy atom. The maximum atomic E-state index is 11.4. The number of aromatic nitrogens is 1. The predicted octanol–water partition coefficient (Wildman–Crippen LogP) is 1.26. The van der Waals surface area contributed by atoms with Crippen molar-refractivity contribution in [2.45, 2.75) is 6.42 Å². The molecule has 3 heteroatoms. The molecule has 0 aromatic carbocycles. The zero-order valence-corrected chi connectivity index (χ0v) is 8.01. The molecular weight excluding hydrogens is 190 g/mol. The van der Waals surface area contributed by atoms with Gasteiger partial charge in [-0.05, 0) is 35.9 Å². The van der Waals surface area contributed by atoms with Gasteiger partial charge in [-0.15, -0.1) is 0 Å². The van der Waals surface area contributed by atoms with Crippen molar-refractivity contribution in [2.75, 3.05) is 0 Å². The fourth-order valence-electron chi connectivity index (χ4n) is 1.41. The number of rotatable bonds is 2. The lowest BCUT2D eigenvalue weighted by molar-refractivity contribution is -0.114. The fraction of sp³-hybridized carbons (Fsp3) is 0.0833. The van der Waals surface area contributed by atoms with Crippen LogP contribution in [-0.4, -0.2) is 16.6 Å². The van der Waals surface area contributed by atoms with Crippen LogP contribution in [0.4, 0.5) is 0 Å². The Kier molecular flexibility index (Phi) is 2.54. The van der Waals surface area contributed by atoms with E-state index in [0.717, 1.165) is 5.56 Å². The van der Waals surface area contributed by atoms with Gasteiger partial charge in [-0.2, -0.15) is 0 Å².